The number of nitrogens with one attached hydrogen (secondary N) is 1. The molecule has 7 nitrogen and oxygen atoms in total. The predicted octanol–water partition coefficient (Wildman–Crippen LogP) is 2.22. The molecule has 2 N–H and O–H groups in total. The molecule has 0 atom stereocenters. The van der Waals surface area contributed by atoms with Gasteiger partial charge >= 0.3 is 0 Å². The number of amides is 1. The van der Waals surface area contributed by atoms with Crippen molar-refractivity contribution in [3.63, 3.8) is 0 Å². The molecule has 25 heavy (non-hydrogen) atoms. The minimum Gasteiger partial charge on any atom is -0.493 e. The normalized spacial score (nSPS) is 13.5. The van der Waals surface area contributed by atoms with Crippen molar-refractivity contribution < 1.29 is 14.7 Å². The zero-order chi connectivity index (χ0) is 18.0. The maximum absolute atomic E-state index is 12.3. The van der Waals surface area contributed by atoms with Gasteiger partial charge in [-0.1, -0.05) is 11.8 Å². The third-order valence-corrected chi connectivity index (χ3v) is 4.63. The zero-order valence-electron chi connectivity index (χ0n) is 13.6. The van der Waals surface area contributed by atoms with Crippen LogP contribution in [-0.4, -0.2) is 32.1 Å². The molecule has 2 aromatic rings. The number of carbonyl (C=O) groups excluding carboxylic acids is 2. The number of anilines is 1. The first kappa shape index (κ1) is 17.2. The molecule has 1 fully saturated rings. The van der Waals surface area contributed by atoms with E-state index in [1.54, 1.807) is 24.3 Å². The Kier molecular flexibility index (Phi) is 4.89. The Morgan fingerprint density at radius 3 is 2.60 bits per heavy atom. The van der Waals surface area contributed by atoms with Crippen LogP contribution in [0.25, 0.3) is 0 Å². The summed E-state index contributed by atoms with van der Waals surface area (Å²) in [6.07, 6.45) is 1.80. The number of benzene rings is 1. The molecular formula is C17H17N3O4S. The van der Waals surface area contributed by atoms with Crippen LogP contribution in [0, 0.1) is 0 Å². The molecule has 1 aromatic carbocycles. The quantitative estimate of drug-likeness (QED) is 0.466. The monoisotopic (exact) mass is 359 g/mol. The third-order valence-electron chi connectivity index (χ3n) is 3.68. The Morgan fingerprint density at radius 2 is 2.00 bits per heavy atom. The van der Waals surface area contributed by atoms with E-state index in [0.717, 1.165) is 30.7 Å². The smallest absolute Gasteiger partial charge is 0.258 e. The molecule has 1 aliphatic carbocycles. The van der Waals surface area contributed by atoms with Gasteiger partial charge in [-0.3, -0.25) is 19.0 Å². The average Bonchev–Trinajstić information content (AvgIpc) is 3.37. The van der Waals surface area contributed by atoms with Gasteiger partial charge in [0, 0.05) is 24.2 Å². The number of carbonyl (C=O) groups is 2. The van der Waals surface area contributed by atoms with Crippen LogP contribution in [-0.2, 0) is 4.79 Å². The second-order valence-corrected chi connectivity index (χ2v) is 6.75. The van der Waals surface area contributed by atoms with E-state index in [9.17, 15) is 19.5 Å². The minimum atomic E-state index is -0.337. The fourth-order valence-corrected chi connectivity index (χ4v) is 3.35. The molecule has 1 heterocycles. The third kappa shape index (κ3) is 4.27. The predicted molar refractivity (Wildman–Crippen MR) is 94.2 cm³/mol. The Balaban J connectivity index is 1.70. The van der Waals surface area contributed by atoms with Crippen LogP contribution in [0.2, 0.25) is 0 Å². The summed E-state index contributed by atoms with van der Waals surface area (Å²) in [4.78, 5) is 39.3. The van der Waals surface area contributed by atoms with Crippen molar-refractivity contribution in [3.8, 4) is 5.88 Å². The number of Topliss-reactive ketones (excluding diaryl/α,β-unsaturated/α-hetero) is 1. The standard InChI is InChI=1S/C17H17N3O4S/c1-10(21)18-12-4-2-11(3-5-12)14(22)9-25-17-19-15(23)8-16(24)20(17)13-6-7-13/h2-5,8,13,23H,6-7,9H2,1H3,(H,18,21). The number of nitrogens with zero attached hydrogens (tertiary/aromatic N) is 2. The van der Waals surface area contributed by atoms with Crippen LogP contribution in [0.5, 0.6) is 5.88 Å². The number of aromatic nitrogens is 2. The summed E-state index contributed by atoms with van der Waals surface area (Å²) in [5.74, 6) is -0.541. The van der Waals surface area contributed by atoms with E-state index in [1.807, 2.05) is 0 Å². The summed E-state index contributed by atoms with van der Waals surface area (Å²) in [6.45, 7) is 1.41. The second kappa shape index (κ2) is 7.10. The van der Waals surface area contributed by atoms with E-state index in [-0.39, 0.29) is 34.9 Å². The molecular weight excluding hydrogens is 342 g/mol. The number of thioether (sulfide) groups is 1. The van der Waals surface area contributed by atoms with Crippen LogP contribution in [0.15, 0.2) is 40.3 Å². The van der Waals surface area contributed by atoms with E-state index in [4.69, 9.17) is 0 Å². The average molecular weight is 359 g/mol. The zero-order valence-corrected chi connectivity index (χ0v) is 14.4. The number of hydrogen-bond donors (Lipinski definition) is 2. The lowest BCUT2D eigenvalue weighted by Gasteiger charge is -2.10. The number of hydrogen-bond acceptors (Lipinski definition) is 6. The Bertz CT molecular complexity index is 872. The first-order chi connectivity index (χ1) is 11.9. The topological polar surface area (TPSA) is 101 Å². The molecule has 8 heteroatoms. The lowest BCUT2D eigenvalue weighted by Crippen LogP contribution is -2.21. The summed E-state index contributed by atoms with van der Waals surface area (Å²) < 4.78 is 1.54. The van der Waals surface area contributed by atoms with Crippen LogP contribution < -0.4 is 10.9 Å². The molecule has 0 bridgehead atoms. The molecule has 3 rings (SSSR count). The van der Waals surface area contributed by atoms with Crippen LogP contribution in [0.1, 0.15) is 36.2 Å². The number of aromatic hydroxyl groups is 1. The molecule has 0 radical (unpaired) electrons. The highest BCUT2D eigenvalue weighted by Gasteiger charge is 2.28. The van der Waals surface area contributed by atoms with Crippen molar-refractivity contribution >= 4 is 29.1 Å². The first-order valence-electron chi connectivity index (χ1n) is 7.80. The number of ketones is 1. The van der Waals surface area contributed by atoms with Gasteiger partial charge in [-0.2, -0.15) is 4.98 Å². The maximum Gasteiger partial charge on any atom is 0.258 e. The van der Waals surface area contributed by atoms with E-state index in [2.05, 4.69) is 10.3 Å². The van der Waals surface area contributed by atoms with E-state index in [0.29, 0.717) is 16.4 Å². The molecule has 0 spiro atoms. The van der Waals surface area contributed by atoms with Gasteiger partial charge < -0.3 is 10.4 Å². The van der Waals surface area contributed by atoms with Crippen molar-refractivity contribution in [2.75, 3.05) is 11.1 Å². The molecule has 1 aliphatic rings. The summed E-state index contributed by atoms with van der Waals surface area (Å²) in [5, 5.41) is 12.5. The summed E-state index contributed by atoms with van der Waals surface area (Å²) in [6, 6.07) is 7.79. The summed E-state index contributed by atoms with van der Waals surface area (Å²) in [5.41, 5.74) is 0.820. The highest BCUT2D eigenvalue weighted by molar-refractivity contribution is 7.99. The molecule has 0 unspecified atom stereocenters. The van der Waals surface area contributed by atoms with Gasteiger partial charge in [-0.15, -0.1) is 0 Å². The van der Waals surface area contributed by atoms with Gasteiger partial charge in [0.15, 0.2) is 10.9 Å². The van der Waals surface area contributed by atoms with Crippen LogP contribution in [0.3, 0.4) is 0 Å². The first-order valence-corrected chi connectivity index (χ1v) is 8.79. The highest BCUT2D eigenvalue weighted by atomic mass is 32.2. The van der Waals surface area contributed by atoms with E-state index < -0.39 is 0 Å². The second-order valence-electron chi connectivity index (χ2n) is 5.81. The van der Waals surface area contributed by atoms with Gasteiger partial charge in [-0.25, -0.2) is 0 Å². The van der Waals surface area contributed by atoms with Gasteiger partial charge in [0.25, 0.3) is 5.56 Å². The van der Waals surface area contributed by atoms with Gasteiger partial charge in [0.05, 0.1) is 11.8 Å². The van der Waals surface area contributed by atoms with Crippen molar-refractivity contribution in [2.24, 2.45) is 0 Å². The Morgan fingerprint density at radius 1 is 1.32 bits per heavy atom. The molecule has 1 amide bonds. The van der Waals surface area contributed by atoms with Crippen molar-refractivity contribution in [1.29, 1.82) is 0 Å². The SMILES string of the molecule is CC(=O)Nc1ccc(C(=O)CSc2nc(O)cc(=O)n2C2CC2)cc1. The van der Waals surface area contributed by atoms with Crippen molar-refractivity contribution in [3.05, 3.63) is 46.2 Å². The van der Waals surface area contributed by atoms with Gasteiger partial charge in [0.2, 0.25) is 11.8 Å². The van der Waals surface area contributed by atoms with Crippen molar-refractivity contribution in [1.82, 2.24) is 9.55 Å². The lowest BCUT2D eigenvalue weighted by atomic mass is 10.1. The van der Waals surface area contributed by atoms with E-state index in [1.165, 1.54) is 11.5 Å². The Labute approximate surface area is 148 Å². The van der Waals surface area contributed by atoms with Crippen LogP contribution >= 0.6 is 11.8 Å². The number of rotatable bonds is 6. The largest absolute Gasteiger partial charge is 0.493 e. The molecule has 0 aliphatic heterocycles. The van der Waals surface area contributed by atoms with Crippen LogP contribution in [0.4, 0.5) is 5.69 Å². The van der Waals surface area contributed by atoms with Gasteiger partial charge in [-0.05, 0) is 37.1 Å². The van der Waals surface area contributed by atoms with Crippen molar-refractivity contribution in [2.45, 2.75) is 31.0 Å². The summed E-state index contributed by atoms with van der Waals surface area (Å²) >= 11 is 1.13. The molecule has 130 valence electrons. The molecule has 0 saturated heterocycles. The minimum absolute atomic E-state index is 0.0993. The van der Waals surface area contributed by atoms with Gasteiger partial charge in [0.1, 0.15) is 0 Å². The van der Waals surface area contributed by atoms with E-state index >= 15 is 0 Å². The fourth-order valence-electron chi connectivity index (χ4n) is 2.39. The molecule has 1 aromatic heterocycles. The summed E-state index contributed by atoms with van der Waals surface area (Å²) in [7, 11) is 0. The Hall–Kier alpha value is -2.61. The molecule has 1 saturated carbocycles. The maximum atomic E-state index is 12.3. The lowest BCUT2D eigenvalue weighted by molar-refractivity contribution is -0.114. The highest BCUT2D eigenvalue weighted by Crippen LogP contribution is 2.36. The fraction of sp³-hybridized carbons (Fsp3) is 0.294.